The summed E-state index contributed by atoms with van der Waals surface area (Å²) in [6.45, 7) is 19.8. The normalized spacial score (nSPS) is 41.4. The second-order valence-corrected chi connectivity index (χ2v) is 41.6. The minimum atomic E-state index is -3.54. The molecule has 3 aliphatic heterocycles. The first kappa shape index (κ1) is 38.7. The molecule has 2 bridgehead atoms. The van der Waals surface area contributed by atoms with Crippen LogP contribution in [0.3, 0.4) is 0 Å². The Labute approximate surface area is 316 Å². The molecule has 12 unspecified atom stereocenters. The van der Waals surface area contributed by atoms with Crippen molar-refractivity contribution in [2.45, 2.75) is 215 Å². The molecule has 51 heavy (non-hydrogen) atoms. The van der Waals surface area contributed by atoms with Gasteiger partial charge in [-0.15, -0.1) is 0 Å². The van der Waals surface area contributed by atoms with E-state index in [2.05, 4.69) is 52.4 Å². The highest BCUT2D eigenvalue weighted by atomic mass is 28.5. The Balaban J connectivity index is 1.03. The van der Waals surface area contributed by atoms with Crippen molar-refractivity contribution in [3.8, 4) is 0 Å². The summed E-state index contributed by atoms with van der Waals surface area (Å²) in [4.78, 5) is 0. The Hall–Kier alpha value is 0.804. The molecule has 8 rings (SSSR count). The zero-order valence-electron chi connectivity index (χ0n) is 33.7. The van der Waals surface area contributed by atoms with Gasteiger partial charge < -0.3 is 30.7 Å². The monoisotopic (exact) mass is 794 g/mol. The maximum absolute atomic E-state index is 7.87. The highest BCUT2D eigenvalue weighted by Gasteiger charge is 2.61. The van der Waals surface area contributed by atoms with Crippen LogP contribution in [0.4, 0.5) is 0 Å². The smallest absolute Gasteiger partial charge is 0.396 e. The van der Waals surface area contributed by atoms with Gasteiger partial charge >= 0.3 is 9.05 Å². The summed E-state index contributed by atoms with van der Waals surface area (Å²) in [6, 6.07) is 3.44. The van der Waals surface area contributed by atoms with Gasteiger partial charge in [0.15, 0.2) is 33.3 Å². The number of hydrogen-bond acceptors (Lipinski definition) is 7. The Kier molecular flexibility index (Phi) is 11.1. The minimum absolute atomic E-state index is 0.535. The Bertz CT molecular complexity index is 1120. The molecule has 0 aromatic heterocycles. The highest BCUT2D eigenvalue weighted by molar-refractivity contribution is 6.92. The molecule has 0 spiro atoms. The zero-order valence-corrected chi connectivity index (χ0v) is 38.7. The molecule has 3 saturated heterocycles. The van der Waals surface area contributed by atoms with Crippen LogP contribution in [0.1, 0.15) is 103 Å². The van der Waals surface area contributed by atoms with E-state index in [9.17, 15) is 0 Å². The van der Waals surface area contributed by atoms with E-state index < -0.39 is 42.3 Å². The Morgan fingerprint density at radius 3 is 1.18 bits per heavy atom. The van der Waals surface area contributed by atoms with E-state index in [-0.39, 0.29) is 0 Å². The van der Waals surface area contributed by atoms with Crippen molar-refractivity contribution in [1.29, 1.82) is 0 Å². The summed E-state index contributed by atoms with van der Waals surface area (Å²) in [5.74, 6) is 4.00. The Morgan fingerprint density at radius 2 is 0.843 bits per heavy atom. The van der Waals surface area contributed by atoms with Gasteiger partial charge in [-0.3, -0.25) is 0 Å². The summed E-state index contributed by atoms with van der Waals surface area (Å²) in [6.07, 6.45) is 24.0. The van der Waals surface area contributed by atoms with Crippen LogP contribution < -0.4 is 0 Å². The summed E-state index contributed by atoms with van der Waals surface area (Å²) >= 11 is 0. The molecule has 292 valence electrons. The Morgan fingerprint density at radius 1 is 0.431 bits per heavy atom. The third-order valence-electron chi connectivity index (χ3n) is 15.0. The largest absolute Gasteiger partial charge is 0.637 e. The third-order valence-corrected chi connectivity index (χ3v) is 34.7. The first-order chi connectivity index (χ1) is 24.0. The van der Waals surface area contributed by atoms with Gasteiger partial charge in [0.2, 0.25) is 0 Å². The fraction of sp³-hybridized carbons (Fsp3) is 1.00. The van der Waals surface area contributed by atoms with E-state index >= 15 is 0 Å². The molecule has 5 aliphatic carbocycles. The molecular formula is C39H74O7Si5. The number of ether oxygens (including phenoxy) is 3. The molecule has 8 aliphatic rings. The third kappa shape index (κ3) is 9.86. The molecule has 0 aromatic carbocycles. The number of fused-ring (bicyclic) bond motifs is 5. The van der Waals surface area contributed by atoms with Gasteiger partial charge in [-0.2, -0.15) is 0 Å². The zero-order chi connectivity index (χ0) is 35.8. The fourth-order valence-corrected chi connectivity index (χ4v) is 33.1. The second-order valence-electron chi connectivity index (χ2n) is 21.4. The van der Waals surface area contributed by atoms with Crippen LogP contribution in [0.25, 0.3) is 0 Å². The number of rotatable bonds is 18. The lowest BCUT2D eigenvalue weighted by atomic mass is 9.88. The first-order valence-corrected chi connectivity index (χ1v) is 35.8. The molecule has 0 N–H and O–H groups in total. The first-order valence-electron chi connectivity index (χ1n) is 21.8. The van der Waals surface area contributed by atoms with Crippen LogP contribution in [0.2, 0.25) is 76.0 Å². The molecule has 0 amide bonds. The van der Waals surface area contributed by atoms with Gasteiger partial charge in [0.25, 0.3) is 0 Å². The summed E-state index contributed by atoms with van der Waals surface area (Å²) in [7, 11) is -12.4. The van der Waals surface area contributed by atoms with Crippen molar-refractivity contribution in [1.82, 2.24) is 0 Å². The van der Waals surface area contributed by atoms with Crippen molar-refractivity contribution in [3.63, 3.8) is 0 Å². The molecule has 12 heteroatoms. The molecule has 5 saturated carbocycles. The predicted molar refractivity (Wildman–Crippen MR) is 215 cm³/mol. The lowest BCUT2D eigenvalue weighted by molar-refractivity contribution is 0.140. The maximum atomic E-state index is 7.87. The quantitative estimate of drug-likeness (QED) is 0.101. The van der Waals surface area contributed by atoms with E-state index in [1.165, 1.54) is 103 Å². The SMILES string of the molecule is C[Si](C)(CCC1CCC2OC2C1)O[Si](O[Si](C)(C)CCC1CCC2OC2C1)(O[Si](C)(C)CCC1CCC2OC2C1)O[Si](C)(C)C1CC2CCC1C2. The average Bonchev–Trinajstić information content (AvgIpc) is 4.00. The van der Waals surface area contributed by atoms with E-state index in [1.54, 1.807) is 0 Å². The van der Waals surface area contributed by atoms with Crippen LogP contribution in [0.5, 0.6) is 0 Å². The number of epoxide rings is 3. The lowest BCUT2D eigenvalue weighted by Gasteiger charge is -2.48. The minimum Gasteiger partial charge on any atom is -0.396 e. The summed E-state index contributed by atoms with van der Waals surface area (Å²) in [5, 5.41) is 0. The van der Waals surface area contributed by atoms with Gasteiger partial charge in [-0.05, 0) is 176 Å². The van der Waals surface area contributed by atoms with Crippen molar-refractivity contribution in [2.24, 2.45) is 29.6 Å². The van der Waals surface area contributed by atoms with Crippen LogP contribution in [-0.4, -0.2) is 78.9 Å². The average molecular weight is 795 g/mol. The van der Waals surface area contributed by atoms with Crippen molar-refractivity contribution in [2.75, 3.05) is 0 Å². The van der Waals surface area contributed by atoms with Crippen LogP contribution in [0, 0.1) is 29.6 Å². The van der Waals surface area contributed by atoms with E-state index in [0.717, 1.165) is 47.7 Å². The molecule has 0 radical (unpaired) electrons. The molecular weight excluding hydrogens is 721 g/mol. The topological polar surface area (TPSA) is 74.5 Å². The van der Waals surface area contributed by atoms with Gasteiger partial charge in [0, 0.05) is 0 Å². The van der Waals surface area contributed by atoms with Gasteiger partial charge in [-0.1, -0.05) is 32.1 Å². The molecule has 0 aromatic rings. The molecule has 8 fully saturated rings. The maximum Gasteiger partial charge on any atom is 0.637 e. The fourth-order valence-electron chi connectivity index (χ4n) is 11.7. The highest BCUT2D eigenvalue weighted by Crippen LogP contribution is 2.56. The van der Waals surface area contributed by atoms with Gasteiger partial charge in [-0.25, -0.2) is 0 Å². The molecule has 7 nitrogen and oxygen atoms in total. The van der Waals surface area contributed by atoms with Crippen molar-refractivity contribution < 1.29 is 30.7 Å². The van der Waals surface area contributed by atoms with Crippen LogP contribution >= 0.6 is 0 Å². The van der Waals surface area contributed by atoms with Crippen LogP contribution in [-0.2, 0) is 30.7 Å². The molecule has 3 heterocycles. The lowest BCUT2D eigenvalue weighted by Crippen LogP contribution is -2.67. The van der Waals surface area contributed by atoms with E-state index in [0.29, 0.717) is 42.2 Å². The van der Waals surface area contributed by atoms with Gasteiger partial charge in [0.1, 0.15) is 0 Å². The van der Waals surface area contributed by atoms with E-state index in [4.69, 9.17) is 30.7 Å². The summed E-state index contributed by atoms with van der Waals surface area (Å²) in [5.41, 5.74) is 0.689. The second kappa shape index (κ2) is 14.6. The van der Waals surface area contributed by atoms with Crippen molar-refractivity contribution in [3.05, 3.63) is 0 Å². The van der Waals surface area contributed by atoms with E-state index in [1.807, 2.05) is 0 Å². The predicted octanol–water partition coefficient (Wildman–Crippen LogP) is 10.4. The standard InChI is InChI=1S/C39H74O7Si5/c1-47(2,20-17-28-10-14-33-36(24-28)40-33)43-51(46-50(7,8)39-27-31-9-13-32(39)23-31,44-48(3,4)21-18-29-11-15-34-37(25-29)41-34)45-49(5,6)22-19-30-12-16-35-38(26-30)42-35/h28-39H,9-27H2,1-8H3. The number of hydrogen-bond donors (Lipinski definition) is 0. The van der Waals surface area contributed by atoms with Gasteiger partial charge in [0.05, 0.1) is 36.6 Å². The van der Waals surface area contributed by atoms with Crippen molar-refractivity contribution >= 4 is 42.3 Å². The van der Waals surface area contributed by atoms with Crippen LogP contribution in [0.15, 0.2) is 0 Å². The summed E-state index contributed by atoms with van der Waals surface area (Å²) < 4.78 is 49.0. The molecule has 12 atom stereocenters.